The number of carbonyl (C=O) groups excluding carboxylic acids is 1. The fourth-order valence-corrected chi connectivity index (χ4v) is 5.29. The molecule has 30 heavy (non-hydrogen) atoms. The van der Waals surface area contributed by atoms with Crippen LogP contribution in [0.15, 0.2) is 33.6 Å². The Morgan fingerprint density at radius 2 is 2.03 bits per heavy atom. The van der Waals surface area contributed by atoms with Crippen molar-refractivity contribution in [2.45, 2.75) is 76.5 Å². The zero-order valence-electron chi connectivity index (χ0n) is 18.6. The number of esters is 1. The molecule has 3 rings (SSSR count). The Kier molecular flexibility index (Phi) is 7.72. The Balaban J connectivity index is 1.67. The van der Waals surface area contributed by atoms with Gasteiger partial charge in [-0.2, -0.15) is 0 Å². The van der Waals surface area contributed by atoms with E-state index in [-0.39, 0.29) is 11.4 Å². The van der Waals surface area contributed by atoms with E-state index in [2.05, 4.69) is 44.7 Å². The number of thioether (sulfide) groups is 1. The third kappa shape index (κ3) is 5.73. The number of carbonyl (C=O) groups is 1. The van der Waals surface area contributed by atoms with Crippen LogP contribution in [0.3, 0.4) is 0 Å². The molecule has 1 aliphatic rings. The van der Waals surface area contributed by atoms with Gasteiger partial charge in [0.15, 0.2) is 5.76 Å². The fraction of sp³-hybridized carbons (Fsp3) is 0.500. The van der Waals surface area contributed by atoms with E-state index in [1.54, 1.807) is 0 Å². The van der Waals surface area contributed by atoms with E-state index >= 15 is 0 Å². The largest absolute Gasteiger partial charge is 0.466 e. The summed E-state index contributed by atoms with van der Waals surface area (Å²) in [5.41, 5.74) is 4.03. The summed E-state index contributed by atoms with van der Waals surface area (Å²) in [5, 5.41) is 0. The van der Waals surface area contributed by atoms with Crippen molar-refractivity contribution in [2.24, 2.45) is 0 Å². The van der Waals surface area contributed by atoms with Crippen LogP contribution in [0.25, 0.3) is 0 Å². The predicted octanol–water partition coefficient (Wildman–Crippen LogP) is 6.29. The molecule has 160 valence electrons. The predicted molar refractivity (Wildman–Crippen MR) is 123 cm³/mol. The summed E-state index contributed by atoms with van der Waals surface area (Å²) < 4.78 is 10.8. The van der Waals surface area contributed by atoms with E-state index < -0.39 is 0 Å². The number of hydrogen-bond donors (Lipinski definition) is 0. The molecule has 0 radical (unpaired) electrons. The molecule has 2 heterocycles. The van der Waals surface area contributed by atoms with Crippen LogP contribution in [-0.2, 0) is 27.8 Å². The van der Waals surface area contributed by atoms with E-state index in [0.717, 1.165) is 37.0 Å². The first-order valence-corrected chi connectivity index (χ1v) is 12.0. The van der Waals surface area contributed by atoms with E-state index in [0.29, 0.717) is 18.8 Å². The zero-order chi connectivity index (χ0) is 21.6. The number of furan rings is 1. The third-order valence-corrected chi connectivity index (χ3v) is 6.70. The molecule has 2 aromatic rings. The number of ether oxygens (including phenoxy) is 1. The van der Waals surface area contributed by atoms with Gasteiger partial charge in [0.25, 0.3) is 0 Å². The van der Waals surface area contributed by atoms with Crippen molar-refractivity contribution in [1.29, 1.82) is 0 Å². The molecule has 0 amide bonds. The second kappa shape index (κ2) is 10.3. The highest BCUT2D eigenvalue weighted by Crippen LogP contribution is 2.42. The molecule has 1 aliphatic heterocycles. The minimum atomic E-state index is -0.123. The number of aryl methyl sites for hydroxylation is 2. The first-order valence-electron chi connectivity index (χ1n) is 11.0. The fourth-order valence-electron chi connectivity index (χ4n) is 3.74. The quantitative estimate of drug-likeness (QED) is 0.297. The Labute approximate surface area is 185 Å². The molecule has 0 spiro atoms. The molecule has 0 fully saturated rings. The number of hydrogen-bond acceptors (Lipinski definition) is 4. The first-order chi connectivity index (χ1) is 14.4. The molecule has 1 aromatic carbocycles. The Bertz CT molecular complexity index is 943. The van der Waals surface area contributed by atoms with Crippen LogP contribution in [0.1, 0.15) is 81.6 Å². The third-order valence-electron chi connectivity index (χ3n) is 5.64. The lowest BCUT2D eigenvalue weighted by molar-refractivity contribution is -0.143. The number of unbranched alkanes of at least 4 members (excludes halogenated alkanes) is 1. The highest BCUT2D eigenvalue weighted by atomic mass is 32.2. The van der Waals surface area contributed by atoms with Gasteiger partial charge >= 0.3 is 5.97 Å². The summed E-state index contributed by atoms with van der Waals surface area (Å²) in [5.74, 6) is 9.26. The lowest BCUT2D eigenvalue weighted by Gasteiger charge is -2.32. The van der Waals surface area contributed by atoms with Gasteiger partial charge in [-0.05, 0) is 85.1 Å². The van der Waals surface area contributed by atoms with Crippen LogP contribution in [0.4, 0.5) is 0 Å². The van der Waals surface area contributed by atoms with Gasteiger partial charge in [-0.15, -0.1) is 11.8 Å². The van der Waals surface area contributed by atoms with Gasteiger partial charge < -0.3 is 9.15 Å². The molecule has 0 aliphatic carbocycles. The molecule has 3 nitrogen and oxygen atoms in total. The van der Waals surface area contributed by atoms with E-state index in [1.165, 1.54) is 28.2 Å². The summed E-state index contributed by atoms with van der Waals surface area (Å²) in [6, 6.07) is 8.56. The molecule has 0 N–H and O–H groups in total. The number of rotatable bonds is 7. The maximum atomic E-state index is 11.4. The molecule has 0 saturated carbocycles. The molecule has 1 aromatic heterocycles. The van der Waals surface area contributed by atoms with Crippen molar-refractivity contribution in [1.82, 2.24) is 0 Å². The summed E-state index contributed by atoms with van der Waals surface area (Å²) >= 11 is 1.97. The molecule has 0 unspecified atom stereocenters. The van der Waals surface area contributed by atoms with Gasteiger partial charge in [0.05, 0.1) is 6.61 Å². The smallest absolute Gasteiger partial charge is 0.305 e. The van der Waals surface area contributed by atoms with E-state index in [1.807, 2.05) is 30.8 Å². The molecular weight excluding hydrogens is 392 g/mol. The van der Waals surface area contributed by atoms with Gasteiger partial charge in [0, 0.05) is 23.3 Å². The summed E-state index contributed by atoms with van der Waals surface area (Å²) in [4.78, 5) is 12.8. The molecule has 0 saturated heterocycles. The van der Waals surface area contributed by atoms with Gasteiger partial charge in [-0.3, -0.25) is 4.79 Å². The monoisotopic (exact) mass is 424 g/mol. The van der Waals surface area contributed by atoms with Crippen molar-refractivity contribution in [3.63, 3.8) is 0 Å². The lowest BCUT2D eigenvalue weighted by Crippen LogP contribution is -2.23. The van der Waals surface area contributed by atoms with Crippen molar-refractivity contribution < 1.29 is 13.9 Å². The first kappa shape index (κ1) is 22.6. The molecule has 4 heteroatoms. The standard InChI is InChI=1S/C26H32O3S/c1-5-19-18-24-23(26(3,4)15-16-30-24)17-20(19)11-12-22-14-13-21(29-22)9-7-8-10-25(27)28-6-2/h13-14,17-18H,5-10,15-16H2,1-4H3. The average molecular weight is 425 g/mol. The van der Waals surface area contributed by atoms with Crippen LogP contribution in [0.5, 0.6) is 0 Å². The maximum absolute atomic E-state index is 11.4. The van der Waals surface area contributed by atoms with Gasteiger partial charge in [-0.1, -0.05) is 26.7 Å². The highest BCUT2D eigenvalue weighted by molar-refractivity contribution is 7.99. The van der Waals surface area contributed by atoms with Crippen molar-refractivity contribution >= 4 is 17.7 Å². The normalized spacial score (nSPS) is 14.5. The van der Waals surface area contributed by atoms with Crippen LogP contribution in [0, 0.1) is 11.8 Å². The van der Waals surface area contributed by atoms with Crippen molar-refractivity contribution in [2.75, 3.05) is 12.4 Å². The van der Waals surface area contributed by atoms with Crippen LogP contribution >= 0.6 is 11.8 Å². The number of benzene rings is 1. The Hall–Kier alpha value is -2.12. The molecule has 0 bridgehead atoms. The lowest BCUT2D eigenvalue weighted by atomic mass is 9.80. The summed E-state index contributed by atoms with van der Waals surface area (Å²) in [7, 11) is 0. The maximum Gasteiger partial charge on any atom is 0.305 e. The zero-order valence-corrected chi connectivity index (χ0v) is 19.4. The minimum absolute atomic E-state index is 0.123. The topological polar surface area (TPSA) is 39.4 Å². The molecular formula is C26H32O3S. The number of fused-ring (bicyclic) bond motifs is 1. The van der Waals surface area contributed by atoms with Crippen molar-refractivity contribution in [3.05, 3.63) is 52.5 Å². The molecule has 0 atom stereocenters. The summed E-state index contributed by atoms with van der Waals surface area (Å²) in [6.07, 6.45) is 5.16. The summed E-state index contributed by atoms with van der Waals surface area (Å²) in [6.45, 7) is 9.12. The van der Waals surface area contributed by atoms with E-state index in [9.17, 15) is 4.79 Å². The Morgan fingerprint density at radius 1 is 1.20 bits per heavy atom. The van der Waals surface area contributed by atoms with Gasteiger partial charge in [-0.25, -0.2) is 0 Å². The second-order valence-electron chi connectivity index (χ2n) is 8.37. The van der Waals surface area contributed by atoms with Gasteiger partial charge in [0.1, 0.15) is 5.76 Å². The van der Waals surface area contributed by atoms with Gasteiger partial charge in [0.2, 0.25) is 0 Å². The average Bonchev–Trinajstić information content (AvgIpc) is 3.17. The highest BCUT2D eigenvalue weighted by Gasteiger charge is 2.28. The van der Waals surface area contributed by atoms with Crippen molar-refractivity contribution in [3.8, 4) is 11.8 Å². The minimum Gasteiger partial charge on any atom is -0.466 e. The van der Waals surface area contributed by atoms with Crippen LogP contribution in [-0.4, -0.2) is 18.3 Å². The SMILES string of the molecule is CCOC(=O)CCCCc1ccc(C#Cc2cc3c(cc2CC)SCCC3(C)C)o1. The van der Waals surface area contributed by atoms with E-state index in [4.69, 9.17) is 9.15 Å². The second-order valence-corrected chi connectivity index (χ2v) is 9.51. The Morgan fingerprint density at radius 3 is 2.80 bits per heavy atom. The van der Waals surface area contributed by atoms with Crippen LogP contribution < -0.4 is 0 Å². The van der Waals surface area contributed by atoms with Crippen LogP contribution in [0.2, 0.25) is 0 Å².